The maximum absolute atomic E-state index is 11.7. The molecule has 0 spiro atoms. The summed E-state index contributed by atoms with van der Waals surface area (Å²) in [5, 5.41) is 7.37. The van der Waals surface area contributed by atoms with Crippen LogP contribution in [0.1, 0.15) is 10.5 Å². The highest BCUT2D eigenvalue weighted by Crippen LogP contribution is 2.04. The Labute approximate surface area is 90.1 Å². The Balaban J connectivity index is 2.72. The summed E-state index contributed by atoms with van der Waals surface area (Å²) in [5.74, 6) is -0.315. The molecule has 8 heteroatoms. The van der Waals surface area contributed by atoms with E-state index in [2.05, 4.69) is 15.3 Å². The van der Waals surface area contributed by atoms with Crippen LogP contribution in [0.25, 0.3) is 5.65 Å². The van der Waals surface area contributed by atoms with Gasteiger partial charge in [-0.3, -0.25) is 4.79 Å². The van der Waals surface area contributed by atoms with E-state index in [1.807, 2.05) is 0 Å². The van der Waals surface area contributed by atoms with Gasteiger partial charge in [-0.15, -0.1) is 5.10 Å². The highest BCUT2D eigenvalue weighted by atomic mass is 16.2. The van der Waals surface area contributed by atoms with Crippen molar-refractivity contribution in [3.05, 3.63) is 22.5 Å². The van der Waals surface area contributed by atoms with Crippen LogP contribution in [0.4, 0.5) is 0 Å². The molecule has 2 heterocycles. The third-order valence-electron chi connectivity index (χ3n) is 2.11. The second kappa shape index (κ2) is 3.40. The van der Waals surface area contributed by atoms with Crippen LogP contribution >= 0.6 is 0 Å². The van der Waals surface area contributed by atoms with Crippen LogP contribution in [0.15, 0.2) is 11.1 Å². The predicted molar refractivity (Wildman–Crippen MR) is 54.0 cm³/mol. The number of aryl methyl sites for hydroxylation is 1. The molecule has 0 aliphatic heterocycles. The Morgan fingerprint density at radius 2 is 2.12 bits per heavy atom. The third-order valence-corrected chi connectivity index (χ3v) is 2.11. The first-order valence-electron chi connectivity index (χ1n) is 4.51. The van der Waals surface area contributed by atoms with Crippen molar-refractivity contribution < 1.29 is 4.79 Å². The number of amides is 1. The van der Waals surface area contributed by atoms with Gasteiger partial charge < -0.3 is 4.90 Å². The molecule has 16 heavy (non-hydrogen) atoms. The number of aromatic nitrogens is 5. The van der Waals surface area contributed by atoms with Crippen molar-refractivity contribution in [1.29, 1.82) is 0 Å². The van der Waals surface area contributed by atoms with Crippen molar-refractivity contribution in [2.75, 3.05) is 14.1 Å². The fourth-order valence-corrected chi connectivity index (χ4v) is 1.24. The molecule has 0 radical (unpaired) electrons. The van der Waals surface area contributed by atoms with Gasteiger partial charge in [-0.1, -0.05) is 5.21 Å². The number of carbonyl (C=O) groups excluding carboxylic acids is 1. The SMILES string of the molecule is CN(C)C(=O)c1ncn2c(=O)n(C)nnc12. The maximum Gasteiger partial charge on any atom is 0.352 e. The smallest absolute Gasteiger partial charge is 0.343 e. The van der Waals surface area contributed by atoms with E-state index in [-0.39, 0.29) is 17.2 Å². The molecule has 0 saturated carbocycles. The Kier molecular flexibility index (Phi) is 2.18. The Hall–Kier alpha value is -2.25. The van der Waals surface area contributed by atoms with E-state index < -0.39 is 5.69 Å². The molecule has 2 rings (SSSR count). The van der Waals surface area contributed by atoms with Gasteiger partial charge in [0.25, 0.3) is 5.91 Å². The van der Waals surface area contributed by atoms with Gasteiger partial charge in [0.15, 0.2) is 11.3 Å². The maximum atomic E-state index is 11.7. The quantitative estimate of drug-likeness (QED) is 0.587. The Bertz CT molecular complexity index is 611. The van der Waals surface area contributed by atoms with Gasteiger partial charge in [0.05, 0.1) is 0 Å². The molecular formula is C8H10N6O2. The predicted octanol–water partition coefficient (Wildman–Crippen LogP) is -1.48. The zero-order valence-electron chi connectivity index (χ0n) is 9.08. The highest BCUT2D eigenvalue weighted by molar-refractivity contribution is 5.97. The molecule has 2 aromatic heterocycles. The molecule has 1 amide bonds. The number of hydrogen-bond acceptors (Lipinski definition) is 5. The monoisotopic (exact) mass is 222 g/mol. The van der Waals surface area contributed by atoms with E-state index >= 15 is 0 Å². The van der Waals surface area contributed by atoms with Crippen LogP contribution in [0, 0.1) is 0 Å². The minimum Gasteiger partial charge on any atom is -0.343 e. The van der Waals surface area contributed by atoms with Crippen molar-refractivity contribution in [2.45, 2.75) is 0 Å². The number of fused-ring (bicyclic) bond motifs is 1. The van der Waals surface area contributed by atoms with Crippen molar-refractivity contribution in [1.82, 2.24) is 29.3 Å². The molecule has 0 atom stereocenters. The first-order valence-corrected chi connectivity index (χ1v) is 4.51. The van der Waals surface area contributed by atoms with Gasteiger partial charge in [-0.05, 0) is 0 Å². The zero-order valence-corrected chi connectivity index (χ0v) is 9.08. The summed E-state index contributed by atoms with van der Waals surface area (Å²) in [7, 11) is 4.67. The Morgan fingerprint density at radius 1 is 1.44 bits per heavy atom. The molecule has 0 N–H and O–H groups in total. The molecule has 0 bridgehead atoms. The molecular weight excluding hydrogens is 212 g/mol. The van der Waals surface area contributed by atoms with Gasteiger partial charge in [-0.2, -0.15) is 4.68 Å². The zero-order chi connectivity index (χ0) is 11.9. The first-order chi connectivity index (χ1) is 7.52. The summed E-state index contributed by atoms with van der Waals surface area (Å²) >= 11 is 0. The molecule has 0 unspecified atom stereocenters. The van der Waals surface area contributed by atoms with E-state index in [0.29, 0.717) is 0 Å². The van der Waals surface area contributed by atoms with E-state index in [1.54, 1.807) is 14.1 Å². The lowest BCUT2D eigenvalue weighted by Gasteiger charge is -2.07. The lowest BCUT2D eigenvalue weighted by atomic mass is 10.4. The summed E-state index contributed by atoms with van der Waals surface area (Å²) < 4.78 is 2.25. The number of nitrogens with zero attached hydrogens (tertiary/aromatic N) is 6. The van der Waals surface area contributed by atoms with Crippen LogP contribution < -0.4 is 5.69 Å². The van der Waals surface area contributed by atoms with Gasteiger partial charge in [0.2, 0.25) is 0 Å². The van der Waals surface area contributed by atoms with Crippen LogP contribution in [-0.2, 0) is 7.05 Å². The topological polar surface area (TPSA) is 85.4 Å². The molecule has 2 aromatic rings. The summed E-state index contributed by atoms with van der Waals surface area (Å²) in [6, 6.07) is 0. The van der Waals surface area contributed by atoms with Crippen molar-refractivity contribution >= 4 is 11.6 Å². The average molecular weight is 222 g/mol. The van der Waals surface area contributed by atoms with E-state index in [4.69, 9.17) is 0 Å². The molecule has 0 aliphatic carbocycles. The first kappa shape index (κ1) is 10.3. The minimum atomic E-state index is -0.393. The molecule has 0 aromatic carbocycles. The summed E-state index contributed by atoms with van der Waals surface area (Å²) in [4.78, 5) is 28.5. The molecule has 0 fully saturated rings. The number of hydrogen-bond donors (Lipinski definition) is 0. The third kappa shape index (κ3) is 1.35. The lowest BCUT2D eigenvalue weighted by molar-refractivity contribution is 0.0824. The summed E-state index contributed by atoms with van der Waals surface area (Å²) in [6.07, 6.45) is 1.27. The fourth-order valence-electron chi connectivity index (χ4n) is 1.24. The molecule has 0 aliphatic rings. The normalized spacial score (nSPS) is 10.7. The van der Waals surface area contributed by atoms with Crippen molar-refractivity contribution in [3.8, 4) is 0 Å². The highest BCUT2D eigenvalue weighted by Gasteiger charge is 2.18. The average Bonchev–Trinajstić information content (AvgIpc) is 2.66. The summed E-state index contributed by atoms with van der Waals surface area (Å²) in [6.45, 7) is 0. The van der Waals surface area contributed by atoms with E-state index in [0.717, 1.165) is 4.68 Å². The molecule has 0 saturated heterocycles. The standard InChI is InChI=1S/C8H10N6O2/c1-12(2)7(15)5-6-10-11-13(3)8(16)14(6)4-9-5/h4H,1-3H3. The van der Waals surface area contributed by atoms with Gasteiger partial charge >= 0.3 is 5.69 Å². The van der Waals surface area contributed by atoms with Crippen LogP contribution in [0.3, 0.4) is 0 Å². The van der Waals surface area contributed by atoms with Crippen LogP contribution in [0.5, 0.6) is 0 Å². The number of carbonyl (C=O) groups is 1. The molecule has 8 nitrogen and oxygen atoms in total. The second-order valence-electron chi connectivity index (χ2n) is 3.48. The van der Waals surface area contributed by atoms with E-state index in [1.165, 1.54) is 22.7 Å². The van der Waals surface area contributed by atoms with E-state index in [9.17, 15) is 9.59 Å². The minimum absolute atomic E-state index is 0.121. The van der Waals surface area contributed by atoms with Gasteiger partial charge in [-0.25, -0.2) is 14.2 Å². The summed E-state index contributed by atoms with van der Waals surface area (Å²) in [5.41, 5.74) is -0.104. The fraction of sp³-hybridized carbons (Fsp3) is 0.375. The molecule has 84 valence electrons. The van der Waals surface area contributed by atoms with Crippen LogP contribution in [0.2, 0.25) is 0 Å². The number of imidazole rings is 1. The van der Waals surface area contributed by atoms with Gasteiger partial charge in [0.1, 0.15) is 6.33 Å². The van der Waals surface area contributed by atoms with Gasteiger partial charge in [0, 0.05) is 21.1 Å². The number of rotatable bonds is 1. The largest absolute Gasteiger partial charge is 0.352 e. The lowest BCUT2D eigenvalue weighted by Crippen LogP contribution is -2.28. The van der Waals surface area contributed by atoms with Crippen molar-refractivity contribution in [2.24, 2.45) is 7.05 Å². The van der Waals surface area contributed by atoms with Crippen LogP contribution in [-0.4, -0.2) is 49.3 Å². The Morgan fingerprint density at radius 3 is 2.75 bits per heavy atom. The second-order valence-corrected chi connectivity index (χ2v) is 3.48. The van der Waals surface area contributed by atoms with Crippen molar-refractivity contribution in [3.63, 3.8) is 0 Å².